The molecule has 0 bridgehead atoms. The number of anilines is 1. The summed E-state index contributed by atoms with van der Waals surface area (Å²) in [6, 6.07) is 0. The molecule has 0 amide bonds. The molecule has 1 aromatic heterocycles. The molecule has 1 heterocycles. The monoisotopic (exact) mass is 319 g/mol. The van der Waals surface area contributed by atoms with E-state index in [1.807, 2.05) is 18.7 Å². The number of nitrogens with zero attached hydrogens (tertiary/aromatic N) is 2. The summed E-state index contributed by atoms with van der Waals surface area (Å²) in [5.41, 5.74) is 0.683. The van der Waals surface area contributed by atoms with Gasteiger partial charge in [0, 0.05) is 13.1 Å². The number of nitrogens with one attached hydrogen (secondary N) is 1. The van der Waals surface area contributed by atoms with Crippen LogP contribution in [0.15, 0.2) is 15.5 Å². The van der Waals surface area contributed by atoms with Crippen LogP contribution in [0.25, 0.3) is 0 Å². The fourth-order valence-corrected chi connectivity index (χ4v) is 2.58. The van der Waals surface area contributed by atoms with E-state index in [-0.39, 0.29) is 5.56 Å². The van der Waals surface area contributed by atoms with Gasteiger partial charge in [0.1, 0.15) is 4.47 Å². The lowest BCUT2D eigenvalue weighted by atomic mass is 10.2. The van der Waals surface area contributed by atoms with Crippen molar-refractivity contribution in [2.75, 3.05) is 23.9 Å². The van der Waals surface area contributed by atoms with Crippen molar-refractivity contribution in [3.05, 3.63) is 21.0 Å². The summed E-state index contributed by atoms with van der Waals surface area (Å²) in [6.07, 6.45) is 3.79. The first kappa shape index (κ1) is 14.6. The van der Waals surface area contributed by atoms with Gasteiger partial charge in [-0.1, -0.05) is 6.92 Å². The summed E-state index contributed by atoms with van der Waals surface area (Å²) >= 11 is 5.15. The number of hydrogen-bond donors (Lipinski definition) is 1. The number of aromatic nitrogens is 2. The van der Waals surface area contributed by atoms with E-state index in [4.69, 9.17) is 0 Å². The van der Waals surface area contributed by atoms with Crippen molar-refractivity contribution in [3.63, 3.8) is 0 Å². The molecule has 0 aliphatic carbocycles. The standard InChI is InChI=1S/C11H18BrN3OS/c1-4-15-11(16)10(12)9(6-14-15)13-5-8(2)7-17-3/h6,8,13H,4-5,7H2,1-3H3. The zero-order chi connectivity index (χ0) is 12.8. The average molecular weight is 320 g/mol. The second kappa shape index (κ2) is 7.06. The van der Waals surface area contributed by atoms with Crippen molar-refractivity contribution >= 4 is 33.4 Å². The molecule has 0 saturated carbocycles. The van der Waals surface area contributed by atoms with Crippen LogP contribution in [-0.4, -0.2) is 28.3 Å². The molecular formula is C11H18BrN3OS. The topological polar surface area (TPSA) is 46.9 Å². The van der Waals surface area contributed by atoms with Crippen molar-refractivity contribution in [2.24, 2.45) is 5.92 Å². The lowest BCUT2D eigenvalue weighted by Crippen LogP contribution is -2.24. The molecule has 0 radical (unpaired) electrons. The van der Waals surface area contributed by atoms with Crippen LogP contribution in [0.4, 0.5) is 5.69 Å². The van der Waals surface area contributed by atoms with Crippen LogP contribution in [0.3, 0.4) is 0 Å². The van der Waals surface area contributed by atoms with E-state index < -0.39 is 0 Å². The van der Waals surface area contributed by atoms with Gasteiger partial charge in [-0.2, -0.15) is 16.9 Å². The second-order valence-corrected chi connectivity index (χ2v) is 5.64. The van der Waals surface area contributed by atoms with E-state index in [1.165, 1.54) is 4.68 Å². The Morgan fingerprint density at radius 2 is 2.35 bits per heavy atom. The molecule has 1 atom stereocenters. The Kier molecular flexibility index (Phi) is 6.05. The molecule has 1 unspecified atom stereocenters. The summed E-state index contributed by atoms with van der Waals surface area (Å²) < 4.78 is 1.99. The van der Waals surface area contributed by atoms with Gasteiger partial charge in [0.2, 0.25) is 0 Å². The van der Waals surface area contributed by atoms with E-state index >= 15 is 0 Å². The zero-order valence-electron chi connectivity index (χ0n) is 10.4. The molecule has 1 aromatic rings. The fourth-order valence-electron chi connectivity index (χ4n) is 1.44. The predicted octanol–water partition coefficient (Wildman–Crippen LogP) is 2.44. The van der Waals surface area contributed by atoms with Gasteiger partial charge < -0.3 is 5.32 Å². The van der Waals surface area contributed by atoms with Gasteiger partial charge >= 0.3 is 0 Å². The first-order valence-electron chi connectivity index (χ1n) is 5.58. The summed E-state index contributed by atoms with van der Waals surface area (Å²) in [5.74, 6) is 1.66. The molecule has 0 spiro atoms. The first-order chi connectivity index (χ1) is 8.10. The summed E-state index contributed by atoms with van der Waals surface area (Å²) in [4.78, 5) is 11.8. The molecule has 1 N–H and O–H groups in total. The summed E-state index contributed by atoms with van der Waals surface area (Å²) in [5, 5.41) is 7.34. The smallest absolute Gasteiger partial charge is 0.283 e. The molecule has 1 rings (SSSR count). The number of rotatable bonds is 6. The van der Waals surface area contributed by atoms with E-state index in [9.17, 15) is 4.79 Å². The molecule has 96 valence electrons. The third-order valence-electron chi connectivity index (χ3n) is 2.38. The second-order valence-electron chi connectivity index (χ2n) is 3.93. The van der Waals surface area contributed by atoms with Gasteiger partial charge in [-0.05, 0) is 40.8 Å². The normalized spacial score (nSPS) is 12.5. The van der Waals surface area contributed by atoms with Gasteiger partial charge in [0.25, 0.3) is 5.56 Å². The highest BCUT2D eigenvalue weighted by Gasteiger charge is 2.08. The highest BCUT2D eigenvalue weighted by Crippen LogP contribution is 2.17. The first-order valence-corrected chi connectivity index (χ1v) is 7.77. The maximum atomic E-state index is 11.8. The quantitative estimate of drug-likeness (QED) is 0.874. The third kappa shape index (κ3) is 4.03. The van der Waals surface area contributed by atoms with Crippen LogP contribution in [0.5, 0.6) is 0 Å². The highest BCUT2D eigenvalue weighted by atomic mass is 79.9. The Labute approximate surface area is 114 Å². The SMILES string of the molecule is CCn1ncc(NCC(C)CSC)c(Br)c1=O. The lowest BCUT2D eigenvalue weighted by Gasteiger charge is -2.13. The Balaban J connectivity index is 2.73. The fraction of sp³-hybridized carbons (Fsp3) is 0.636. The van der Waals surface area contributed by atoms with Crippen molar-refractivity contribution in [1.82, 2.24) is 9.78 Å². The Bertz CT molecular complexity index is 422. The maximum absolute atomic E-state index is 11.8. The molecule has 6 heteroatoms. The van der Waals surface area contributed by atoms with Crippen LogP contribution < -0.4 is 10.9 Å². The van der Waals surface area contributed by atoms with Crippen LogP contribution in [0.2, 0.25) is 0 Å². The minimum absolute atomic E-state index is 0.0879. The molecule has 17 heavy (non-hydrogen) atoms. The van der Waals surface area contributed by atoms with Gasteiger partial charge in [-0.15, -0.1) is 0 Å². The number of halogens is 1. The third-order valence-corrected chi connectivity index (χ3v) is 4.05. The number of aryl methyl sites for hydroxylation is 1. The Morgan fingerprint density at radius 1 is 1.65 bits per heavy atom. The van der Waals surface area contributed by atoms with Crippen molar-refractivity contribution in [3.8, 4) is 0 Å². The zero-order valence-corrected chi connectivity index (χ0v) is 12.8. The van der Waals surface area contributed by atoms with Crippen LogP contribution in [-0.2, 0) is 6.54 Å². The van der Waals surface area contributed by atoms with E-state index in [0.717, 1.165) is 18.0 Å². The number of hydrogen-bond acceptors (Lipinski definition) is 4. The molecule has 0 aliphatic heterocycles. The Morgan fingerprint density at radius 3 is 2.94 bits per heavy atom. The summed E-state index contributed by atoms with van der Waals surface area (Å²) in [7, 11) is 0. The van der Waals surface area contributed by atoms with Crippen LogP contribution in [0, 0.1) is 5.92 Å². The molecular weight excluding hydrogens is 302 g/mol. The van der Waals surface area contributed by atoms with Gasteiger partial charge in [-0.25, -0.2) is 4.68 Å². The molecule has 0 aliphatic rings. The lowest BCUT2D eigenvalue weighted by molar-refractivity contribution is 0.611. The Hall–Kier alpha value is -0.490. The minimum Gasteiger partial charge on any atom is -0.382 e. The van der Waals surface area contributed by atoms with Crippen LogP contribution >= 0.6 is 27.7 Å². The summed E-state index contributed by atoms with van der Waals surface area (Å²) in [6.45, 7) is 5.50. The predicted molar refractivity (Wildman–Crippen MR) is 77.9 cm³/mol. The van der Waals surface area contributed by atoms with Crippen molar-refractivity contribution < 1.29 is 0 Å². The average Bonchev–Trinajstić information content (AvgIpc) is 2.31. The largest absolute Gasteiger partial charge is 0.382 e. The molecule has 0 aromatic carbocycles. The van der Waals surface area contributed by atoms with Gasteiger partial charge in [0.05, 0.1) is 11.9 Å². The van der Waals surface area contributed by atoms with Gasteiger partial charge in [0.15, 0.2) is 0 Å². The van der Waals surface area contributed by atoms with Crippen molar-refractivity contribution in [1.29, 1.82) is 0 Å². The maximum Gasteiger partial charge on any atom is 0.283 e. The van der Waals surface area contributed by atoms with E-state index in [2.05, 4.69) is 39.5 Å². The van der Waals surface area contributed by atoms with Crippen molar-refractivity contribution in [2.45, 2.75) is 20.4 Å². The minimum atomic E-state index is -0.0879. The highest BCUT2D eigenvalue weighted by molar-refractivity contribution is 9.10. The van der Waals surface area contributed by atoms with E-state index in [1.54, 1.807) is 6.20 Å². The molecule has 4 nitrogen and oxygen atoms in total. The van der Waals surface area contributed by atoms with E-state index in [0.29, 0.717) is 16.9 Å². The number of thioether (sulfide) groups is 1. The van der Waals surface area contributed by atoms with Crippen LogP contribution in [0.1, 0.15) is 13.8 Å². The van der Waals surface area contributed by atoms with Gasteiger partial charge in [-0.3, -0.25) is 4.79 Å². The molecule has 0 saturated heterocycles. The molecule has 0 fully saturated rings.